The van der Waals surface area contributed by atoms with E-state index in [1.165, 1.54) is 0 Å². The van der Waals surface area contributed by atoms with E-state index in [2.05, 4.69) is 24.3 Å². The van der Waals surface area contributed by atoms with Gasteiger partial charge in [0.25, 0.3) is 0 Å². The third-order valence-corrected chi connectivity index (χ3v) is 6.92. The first-order valence-electron chi connectivity index (χ1n) is 12.9. The zero-order valence-electron chi connectivity index (χ0n) is 22.4. The highest BCUT2D eigenvalue weighted by Gasteiger charge is 2.40. The van der Waals surface area contributed by atoms with Crippen molar-refractivity contribution in [2.75, 3.05) is 19.8 Å². The first-order chi connectivity index (χ1) is 17.8. The summed E-state index contributed by atoms with van der Waals surface area (Å²) in [6.07, 6.45) is 12.3. The average Bonchev–Trinajstić information content (AvgIpc) is 2.87. The van der Waals surface area contributed by atoms with Crippen molar-refractivity contribution >= 4 is 11.9 Å². The van der Waals surface area contributed by atoms with Gasteiger partial charge in [0.2, 0.25) is 0 Å². The number of carbonyl (C=O) groups excluding carboxylic acids is 2. The van der Waals surface area contributed by atoms with Crippen molar-refractivity contribution in [2.24, 2.45) is 5.41 Å². The minimum Gasteiger partial charge on any atom is -0.461 e. The Bertz CT molecular complexity index is 1150. The van der Waals surface area contributed by atoms with E-state index in [-0.39, 0.29) is 13.2 Å². The van der Waals surface area contributed by atoms with Crippen molar-refractivity contribution < 1.29 is 23.8 Å². The fourth-order valence-corrected chi connectivity index (χ4v) is 4.28. The molecular weight excluding hydrogens is 464 g/mol. The lowest BCUT2D eigenvalue weighted by Crippen LogP contribution is -2.44. The van der Waals surface area contributed by atoms with Gasteiger partial charge in [-0.3, -0.25) is 0 Å². The standard InChI is InChI=1S/C32H38O5/c1-5-32(23-36-30(33)28-16-12-9-13-17-28,22-35-21-27-14-10-7-6-8-11-15-27)26(4)37-31(34)29-19-18-24(2)20-25(29)3/h7-14,16-20,26H,5-6,15,21-23H2,1-4H3/b10-7-,11-8-,27-14+. The van der Waals surface area contributed by atoms with Gasteiger partial charge in [-0.15, -0.1) is 0 Å². The Labute approximate surface area is 220 Å². The van der Waals surface area contributed by atoms with Crippen molar-refractivity contribution in [3.05, 3.63) is 107 Å². The lowest BCUT2D eigenvalue weighted by molar-refractivity contribution is -0.0804. The van der Waals surface area contributed by atoms with Crippen LogP contribution in [0.1, 0.15) is 65.0 Å². The third kappa shape index (κ3) is 8.02. The van der Waals surface area contributed by atoms with E-state index < -0.39 is 23.5 Å². The van der Waals surface area contributed by atoms with E-state index >= 15 is 0 Å². The Balaban J connectivity index is 1.76. The SMILES string of the molecule is CCC(COC/C1=C/C=C\C/C=C\C1)(COC(=O)c1ccccc1)C(C)OC(=O)c1ccc(C)cc1C. The molecule has 2 unspecified atom stereocenters. The minimum absolute atomic E-state index is 0.0669. The van der Waals surface area contributed by atoms with Crippen molar-refractivity contribution in [1.82, 2.24) is 0 Å². The van der Waals surface area contributed by atoms with Gasteiger partial charge in [-0.1, -0.05) is 73.2 Å². The molecule has 0 bridgehead atoms. The summed E-state index contributed by atoms with van der Waals surface area (Å²) in [6.45, 7) is 8.53. The van der Waals surface area contributed by atoms with E-state index in [9.17, 15) is 9.59 Å². The van der Waals surface area contributed by atoms with Gasteiger partial charge in [0.05, 0.1) is 29.8 Å². The Morgan fingerprint density at radius 3 is 2.49 bits per heavy atom. The summed E-state index contributed by atoms with van der Waals surface area (Å²) in [5.41, 5.74) is 3.39. The van der Waals surface area contributed by atoms with Crippen molar-refractivity contribution in [3.8, 4) is 0 Å². The molecule has 37 heavy (non-hydrogen) atoms. The van der Waals surface area contributed by atoms with Gasteiger partial charge in [0.15, 0.2) is 0 Å². The van der Waals surface area contributed by atoms with Crippen molar-refractivity contribution in [1.29, 1.82) is 0 Å². The summed E-state index contributed by atoms with van der Waals surface area (Å²) < 4.78 is 17.9. The summed E-state index contributed by atoms with van der Waals surface area (Å²) in [5.74, 6) is -0.806. The minimum atomic E-state index is -0.716. The van der Waals surface area contributed by atoms with Crippen LogP contribution in [0.3, 0.4) is 0 Å². The second kappa shape index (κ2) is 13.8. The number of hydrogen-bond acceptors (Lipinski definition) is 5. The predicted molar refractivity (Wildman–Crippen MR) is 147 cm³/mol. The average molecular weight is 503 g/mol. The van der Waals surface area contributed by atoms with Crippen LogP contribution < -0.4 is 0 Å². The van der Waals surface area contributed by atoms with E-state index in [1.807, 2.05) is 52.0 Å². The molecule has 0 heterocycles. The Morgan fingerprint density at radius 2 is 1.76 bits per heavy atom. The smallest absolute Gasteiger partial charge is 0.338 e. The number of esters is 2. The van der Waals surface area contributed by atoms with Crippen LogP contribution in [-0.4, -0.2) is 37.9 Å². The van der Waals surface area contributed by atoms with Crippen molar-refractivity contribution in [3.63, 3.8) is 0 Å². The van der Waals surface area contributed by atoms with Gasteiger partial charge < -0.3 is 14.2 Å². The Hall–Kier alpha value is -3.44. The molecule has 0 radical (unpaired) electrons. The highest BCUT2D eigenvalue weighted by Crippen LogP contribution is 2.32. The van der Waals surface area contributed by atoms with Gasteiger partial charge in [-0.05, 0) is 69.4 Å². The molecule has 0 saturated heterocycles. The molecule has 0 aromatic heterocycles. The largest absolute Gasteiger partial charge is 0.461 e. The maximum atomic E-state index is 13.1. The molecule has 2 atom stereocenters. The van der Waals surface area contributed by atoms with E-state index in [1.54, 1.807) is 30.3 Å². The normalized spacial score (nSPS) is 18.8. The summed E-state index contributed by atoms with van der Waals surface area (Å²) in [5, 5.41) is 0. The number of rotatable bonds is 11. The zero-order valence-corrected chi connectivity index (χ0v) is 22.4. The fraction of sp³-hybridized carbons (Fsp3) is 0.375. The molecule has 0 fully saturated rings. The van der Waals surface area contributed by atoms with Crippen LogP contribution in [-0.2, 0) is 14.2 Å². The molecule has 5 heteroatoms. The van der Waals surface area contributed by atoms with E-state index in [0.29, 0.717) is 24.2 Å². The van der Waals surface area contributed by atoms with Crippen LogP contribution in [0.2, 0.25) is 0 Å². The monoisotopic (exact) mass is 502 g/mol. The van der Waals surface area contributed by atoms with Gasteiger partial charge in [-0.2, -0.15) is 0 Å². The summed E-state index contributed by atoms with van der Waals surface area (Å²) >= 11 is 0. The van der Waals surface area contributed by atoms with Gasteiger partial charge >= 0.3 is 11.9 Å². The molecule has 1 aliphatic carbocycles. The zero-order chi connectivity index (χ0) is 26.7. The predicted octanol–water partition coefficient (Wildman–Crippen LogP) is 6.95. The molecule has 3 rings (SSSR count). The first-order valence-corrected chi connectivity index (χ1v) is 12.9. The van der Waals surface area contributed by atoms with Crippen LogP contribution in [0, 0.1) is 19.3 Å². The van der Waals surface area contributed by atoms with E-state index in [4.69, 9.17) is 14.2 Å². The van der Waals surface area contributed by atoms with Crippen LogP contribution in [0.4, 0.5) is 0 Å². The number of allylic oxidation sites excluding steroid dienone is 5. The number of carbonyl (C=O) groups is 2. The quantitative estimate of drug-likeness (QED) is 0.246. The second-order valence-corrected chi connectivity index (χ2v) is 9.68. The molecule has 0 spiro atoms. The molecule has 2 aromatic rings. The number of aryl methyl sites for hydroxylation is 2. The molecule has 196 valence electrons. The van der Waals surface area contributed by atoms with Gasteiger partial charge in [0.1, 0.15) is 12.7 Å². The molecule has 5 nitrogen and oxygen atoms in total. The molecular formula is C32H38O5. The highest BCUT2D eigenvalue weighted by molar-refractivity contribution is 5.91. The fourth-order valence-electron chi connectivity index (χ4n) is 4.28. The van der Waals surface area contributed by atoms with Gasteiger partial charge in [0, 0.05) is 0 Å². The van der Waals surface area contributed by atoms with Crippen LogP contribution in [0.5, 0.6) is 0 Å². The Morgan fingerprint density at radius 1 is 0.973 bits per heavy atom. The molecule has 0 amide bonds. The third-order valence-electron chi connectivity index (χ3n) is 6.92. The maximum absolute atomic E-state index is 13.1. The number of ether oxygens (including phenoxy) is 3. The molecule has 0 saturated carbocycles. The highest BCUT2D eigenvalue weighted by atomic mass is 16.6. The molecule has 0 aliphatic heterocycles. The molecule has 1 aliphatic rings. The topological polar surface area (TPSA) is 61.8 Å². The summed E-state index contributed by atoms with van der Waals surface area (Å²) in [7, 11) is 0. The van der Waals surface area contributed by atoms with Gasteiger partial charge in [-0.25, -0.2) is 9.59 Å². The van der Waals surface area contributed by atoms with Crippen LogP contribution >= 0.6 is 0 Å². The summed E-state index contributed by atoms with van der Waals surface area (Å²) in [6, 6.07) is 14.5. The number of benzene rings is 2. The van der Waals surface area contributed by atoms with Crippen LogP contribution in [0.25, 0.3) is 0 Å². The van der Waals surface area contributed by atoms with Crippen LogP contribution in [0.15, 0.2) is 84.5 Å². The maximum Gasteiger partial charge on any atom is 0.338 e. The molecule has 2 aromatic carbocycles. The first kappa shape index (κ1) is 28.1. The lowest BCUT2D eigenvalue weighted by Gasteiger charge is -2.37. The second-order valence-electron chi connectivity index (χ2n) is 9.68. The summed E-state index contributed by atoms with van der Waals surface area (Å²) in [4.78, 5) is 25.9. The van der Waals surface area contributed by atoms with Crippen molar-refractivity contribution in [2.45, 2.75) is 53.1 Å². The Kier molecular flexibility index (Phi) is 10.5. The lowest BCUT2D eigenvalue weighted by atomic mass is 9.81. The number of hydrogen-bond donors (Lipinski definition) is 0. The molecule has 0 N–H and O–H groups in total. The van der Waals surface area contributed by atoms with E-state index in [0.717, 1.165) is 29.5 Å².